The molecule has 0 fully saturated rings. The normalized spacial score (nSPS) is 10.4. The van der Waals surface area contributed by atoms with Crippen molar-refractivity contribution in [3.63, 3.8) is 0 Å². The van der Waals surface area contributed by atoms with Crippen molar-refractivity contribution < 1.29 is 14.3 Å². The molecule has 0 aliphatic heterocycles. The summed E-state index contributed by atoms with van der Waals surface area (Å²) in [4.78, 5) is 24.9. The van der Waals surface area contributed by atoms with Gasteiger partial charge in [0, 0.05) is 13.6 Å². The molecule has 110 valence electrons. The molecule has 5 nitrogen and oxygen atoms in total. The maximum absolute atomic E-state index is 11.5. The van der Waals surface area contributed by atoms with Crippen LogP contribution in [0.15, 0.2) is 24.3 Å². The Morgan fingerprint density at radius 1 is 1.25 bits per heavy atom. The van der Waals surface area contributed by atoms with E-state index in [0.717, 1.165) is 17.7 Å². The first-order valence-electron chi connectivity index (χ1n) is 6.67. The average molecular weight is 278 g/mol. The highest BCUT2D eigenvalue weighted by Gasteiger charge is 2.12. The van der Waals surface area contributed by atoms with E-state index in [-0.39, 0.29) is 18.3 Å². The van der Waals surface area contributed by atoms with Crippen molar-refractivity contribution >= 4 is 11.9 Å². The van der Waals surface area contributed by atoms with Gasteiger partial charge in [0.1, 0.15) is 0 Å². The molecule has 1 N–H and O–H groups in total. The van der Waals surface area contributed by atoms with Gasteiger partial charge in [0.05, 0.1) is 20.1 Å². The van der Waals surface area contributed by atoms with Gasteiger partial charge in [-0.25, -0.2) is 0 Å². The Morgan fingerprint density at radius 3 is 2.45 bits per heavy atom. The molecule has 20 heavy (non-hydrogen) atoms. The topological polar surface area (TPSA) is 58.6 Å². The summed E-state index contributed by atoms with van der Waals surface area (Å²) in [6, 6.07) is 7.73. The standard InChI is InChI=1S/C15H22N2O3/c1-4-17(11-14(18)16-2)10-13-8-6-5-7-12(13)9-15(19)20-3/h5-8H,4,9-11H2,1-3H3,(H,16,18). The lowest BCUT2D eigenvalue weighted by atomic mass is 10.0. The largest absolute Gasteiger partial charge is 0.469 e. The summed E-state index contributed by atoms with van der Waals surface area (Å²) >= 11 is 0. The van der Waals surface area contributed by atoms with Crippen molar-refractivity contribution in [3.8, 4) is 0 Å². The molecule has 1 rings (SSSR count). The van der Waals surface area contributed by atoms with Gasteiger partial charge in [-0.2, -0.15) is 0 Å². The van der Waals surface area contributed by atoms with Crippen LogP contribution in [-0.2, 0) is 27.3 Å². The lowest BCUT2D eigenvalue weighted by Gasteiger charge is -2.21. The monoisotopic (exact) mass is 278 g/mol. The van der Waals surface area contributed by atoms with E-state index in [2.05, 4.69) is 5.32 Å². The van der Waals surface area contributed by atoms with E-state index in [1.165, 1.54) is 7.11 Å². The highest BCUT2D eigenvalue weighted by molar-refractivity contribution is 5.77. The molecule has 1 amide bonds. The van der Waals surface area contributed by atoms with Gasteiger partial charge in [0.25, 0.3) is 0 Å². The number of rotatable bonds is 7. The fourth-order valence-corrected chi connectivity index (χ4v) is 1.91. The number of methoxy groups -OCH3 is 1. The third kappa shape index (κ3) is 5.01. The van der Waals surface area contributed by atoms with Crippen LogP contribution in [0.25, 0.3) is 0 Å². The van der Waals surface area contributed by atoms with E-state index in [0.29, 0.717) is 13.1 Å². The highest BCUT2D eigenvalue weighted by Crippen LogP contribution is 2.13. The predicted octanol–water partition coefficient (Wildman–Crippen LogP) is 0.970. The van der Waals surface area contributed by atoms with Gasteiger partial charge in [0.2, 0.25) is 5.91 Å². The highest BCUT2D eigenvalue weighted by atomic mass is 16.5. The second kappa shape index (κ2) is 8.32. The second-order valence-electron chi connectivity index (χ2n) is 4.50. The summed E-state index contributed by atoms with van der Waals surface area (Å²) in [7, 11) is 3.01. The molecule has 0 saturated carbocycles. The molecule has 0 unspecified atom stereocenters. The minimum atomic E-state index is -0.258. The minimum Gasteiger partial charge on any atom is -0.469 e. The van der Waals surface area contributed by atoms with Gasteiger partial charge in [-0.1, -0.05) is 31.2 Å². The fraction of sp³-hybridized carbons (Fsp3) is 0.467. The first kappa shape index (κ1) is 16.2. The first-order valence-corrected chi connectivity index (χ1v) is 6.67. The summed E-state index contributed by atoms with van der Waals surface area (Å²) in [5.74, 6) is -0.274. The maximum Gasteiger partial charge on any atom is 0.309 e. The minimum absolute atomic E-state index is 0.0164. The third-order valence-electron chi connectivity index (χ3n) is 3.17. The van der Waals surface area contributed by atoms with Crippen LogP contribution in [0.1, 0.15) is 18.1 Å². The van der Waals surface area contributed by atoms with E-state index < -0.39 is 0 Å². The van der Waals surface area contributed by atoms with E-state index >= 15 is 0 Å². The quantitative estimate of drug-likeness (QED) is 0.755. The number of hydrogen-bond donors (Lipinski definition) is 1. The molecular weight excluding hydrogens is 256 g/mol. The Morgan fingerprint density at radius 2 is 1.90 bits per heavy atom. The number of benzene rings is 1. The van der Waals surface area contributed by atoms with Gasteiger partial charge in [0.15, 0.2) is 0 Å². The van der Waals surface area contributed by atoms with Crippen LogP contribution >= 0.6 is 0 Å². The summed E-state index contributed by atoms with van der Waals surface area (Å²) < 4.78 is 4.71. The van der Waals surface area contributed by atoms with Crippen molar-refractivity contribution in [1.29, 1.82) is 0 Å². The summed E-state index contributed by atoms with van der Waals surface area (Å²) in [6.07, 6.45) is 0.254. The van der Waals surface area contributed by atoms with Crippen molar-refractivity contribution in [2.45, 2.75) is 19.9 Å². The van der Waals surface area contributed by atoms with Crippen LogP contribution in [0.4, 0.5) is 0 Å². The lowest BCUT2D eigenvalue weighted by molar-refractivity contribution is -0.139. The van der Waals surface area contributed by atoms with Crippen LogP contribution < -0.4 is 5.32 Å². The van der Waals surface area contributed by atoms with Crippen LogP contribution in [-0.4, -0.2) is 44.0 Å². The number of esters is 1. The smallest absolute Gasteiger partial charge is 0.309 e. The number of hydrogen-bond acceptors (Lipinski definition) is 4. The molecular formula is C15H22N2O3. The van der Waals surface area contributed by atoms with Crippen LogP contribution in [0.2, 0.25) is 0 Å². The summed E-state index contributed by atoms with van der Waals surface area (Å²) in [6.45, 7) is 3.75. The van der Waals surface area contributed by atoms with Gasteiger partial charge >= 0.3 is 5.97 Å². The first-order chi connectivity index (χ1) is 9.60. The van der Waals surface area contributed by atoms with Crippen LogP contribution in [0.5, 0.6) is 0 Å². The van der Waals surface area contributed by atoms with E-state index in [1.54, 1.807) is 7.05 Å². The molecule has 0 spiro atoms. The lowest BCUT2D eigenvalue weighted by Crippen LogP contribution is -2.35. The zero-order valence-corrected chi connectivity index (χ0v) is 12.3. The molecule has 0 aliphatic carbocycles. The number of nitrogens with one attached hydrogen (secondary N) is 1. The Kier molecular flexibility index (Phi) is 6.73. The Labute approximate surface area is 119 Å². The molecule has 0 heterocycles. The number of likely N-dealkylation sites (N-methyl/N-ethyl adjacent to an activating group) is 2. The van der Waals surface area contributed by atoms with Gasteiger partial charge in [-0.3, -0.25) is 14.5 Å². The summed E-state index contributed by atoms with van der Waals surface area (Å²) in [5.41, 5.74) is 1.98. The van der Waals surface area contributed by atoms with Crippen LogP contribution in [0.3, 0.4) is 0 Å². The Balaban J connectivity index is 2.79. The molecule has 0 bridgehead atoms. The van der Waals surface area contributed by atoms with Crippen molar-refractivity contribution in [2.75, 3.05) is 27.2 Å². The zero-order chi connectivity index (χ0) is 15.0. The van der Waals surface area contributed by atoms with Crippen molar-refractivity contribution in [3.05, 3.63) is 35.4 Å². The Hall–Kier alpha value is -1.88. The molecule has 0 saturated heterocycles. The van der Waals surface area contributed by atoms with Gasteiger partial charge in [-0.15, -0.1) is 0 Å². The molecule has 0 aliphatic rings. The van der Waals surface area contributed by atoms with Crippen molar-refractivity contribution in [1.82, 2.24) is 10.2 Å². The second-order valence-corrected chi connectivity index (χ2v) is 4.50. The van der Waals surface area contributed by atoms with E-state index in [9.17, 15) is 9.59 Å². The number of amides is 1. The molecule has 1 aromatic carbocycles. The fourth-order valence-electron chi connectivity index (χ4n) is 1.91. The molecule has 5 heteroatoms. The van der Waals surface area contributed by atoms with Crippen molar-refractivity contribution in [2.24, 2.45) is 0 Å². The van der Waals surface area contributed by atoms with Gasteiger partial charge in [-0.05, 0) is 17.7 Å². The third-order valence-corrected chi connectivity index (χ3v) is 3.17. The summed E-state index contributed by atoms with van der Waals surface area (Å²) in [5, 5.41) is 2.62. The zero-order valence-electron chi connectivity index (χ0n) is 12.3. The number of ether oxygens (including phenoxy) is 1. The van der Waals surface area contributed by atoms with E-state index in [1.807, 2.05) is 36.1 Å². The molecule has 1 aromatic rings. The molecule has 0 radical (unpaired) electrons. The Bertz CT molecular complexity index is 460. The van der Waals surface area contributed by atoms with Crippen LogP contribution in [0, 0.1) is 0 Å². The average Bonchev–Trinajstić information content (AvgIpc) is 2.47. The SMILES string of the molecule is CCN(CC(=O)NC)Cc1ccccc1CC(=O)OC. The predicted molar refractivity (Wildman–Crippen MR) is 77.2 cm³/mol. The number of nitrogens with zero attached hydrogens (tertiary/aromatic N) is 1. The van der Waals surface area contributed by atoms with Gasteiger partial charge < -0.3 is 10.1 Å². The number of carbonyl (C=O) groups is 2. The molecule has 0 aromatic heterocycles. The number of carbonyl (C=O) groups excluding carboxylic acids is 2. The maximum atomic E-state index is 11.5. The molecule has 0 atom stereocenters. The van der Waals surface area contributed by atoms with E-state index in [4.69, 9.17) is 4.74 Å².